The molecule has 2 rings (SSSR count). The minimum Gasteiger partial charge on any atom is -0.273 e. The molecule has 1 heterocycles. The first kappa shape index (κ1) is 10.8. The Morgan fingerprint density at radius 2 is 2.33 bits per heavy atom. The summed E-state index contributed by atoms with van der Waals surface area (Å²) in [6.07, 6.45) is 2.01. The van der Waals surface area contributed by atoms with E-state index >= 15 is 0 Å². The van der Waals surface area contributed by atoms with E-state index in [1.807, 2.05) is 19.1 Å². The smallest absolute Gasteiger partial charge is 0.243 e. The van der Waals surface area contributed by atoms with Crippen LogP contribution in [0.4, 0.5) is 0 Å². The second-order valence-electron chi connectivity index (χ2n) is 3.55. The summed E-state index contributed by atoms with van der Waals surface area (Å²) < 4.78 is 1.07. The van der Waals surface area contributed by atoms with E-state index in [0.717, 1.165) is 27.2 Å². The van der Waals surface area contributed by atoms with Gasteiger partial charge in [0.2, 0.25) is 5.91 Å². The maximum Gasteiger partial charge on any atom is 0.243 e. The molecule has 0 aliphatic heterocycles. The van der Waals surface area contributed by atoms with Crippen molar-refractivity contribution < 1.29 is 4.79 Å². The Bertz CT molecular complexity index is 409. The summed E-state index contributed by atoms with van der Waals surface area (Å²) in [6.45, 7) is 1.89. The number of carbonyl (C=O) groups excluding carboxylic acids is 1. The lowest BCUT2D eigenvalue weighted by Crippen LogP contribution is -2.20. The highest BCUT2D eigenvalue weighted by atomic mass is 79.9. The van der Waals surface area contributed by atoms with Crippen LogP contribution >= 0.6 is 27.3 Å². The zero-order valence-corrected chi connectivity index (χ0v) is 10.7. The molecule has 3 nitrogen and oxygen atoms in total. The van der Waals surface area contributed by atoms with Gasteiger partial charge in [0.1, 0.15) is 0 Å². The zero-order chi connectivity index (χ0) is 10.8. The van der Waals surface area contributed by atoms with Crippen LogP contribution in [0, 0.1) is 5.92 Å². The van der Waals surface area contributed by atoms with Crippen molar-refractivity contribution in [1.82, 2.24) is 5.43 Å². The van der Waals surface area contributed by atoms with Gasteiger partial charge in [-0.15, -0.1) is 11.3 Å². The number of hydrogen-bond donors (Lipinski definition) is 1. The monoisotopic (exact) mass is 286 g/mol. The predicted octanol–water partition coefficient (Wildman–Crippen LogP) is 2.76. The lowest BCUT2D eigenvalue weighted by molar-refractivity contribution is -0.122. The molecule has 1 aliphatic rings. The number of nitrogens with one attached hydrogen (secondary N) is 1. The molecule has 0 bridgehead atoms. The highest BCUT2D eigenvalue weighted by Gasteiger charge is 2.29. The molecule has 1 aromatic rings. The Morgan fingerprint density at radius 1 is 1.60 bits per heavy atom. The number of halogens is 1. The van der Waals surface area contributed by atoms with Crippen molar-refractivity contribution >= 4 is 38.9 Å². The van der Waals surface area contributed by atoms with Crippen molar-refractivity contribution in [3.8, 4) is 0 Å². The summed E-state index contributed by atoms with van der Waals surface area (Å²) in [6, 6.07) is 3.96. The second-order valence-corrected chi connectivity index (χ2v) is 6.01. The highest BCUT2D eigenvalue weighted by molar-refractivity contribution is 9.11. The quantitative estimate of drug-likeness (QED) is 0.674. The number of carbonyl (C=O) groups is 1. The SMILES string of the molecule is CC(=NNC(=O)C1CC1)c1ccc(Br)s1. The largest absolute Gasteiger partial charge is 0.273 e. The van der Waals surface area contributed by atoms with E-state index in [2.05, 4.69) is 26.5 Å². The lowest BCUT2D eigenvalue weighted by Gasteiger charge is -1.98. The van der Waals surface area contributed by atoms with E-state index in [0.29, 0.717) is 0 Å². The molecule has 1 N–H and O–H groups in total. The number of amides is 1. The van der Waals surface area contributed by atoms with Crippen LogP contribution in [0.2, 0.25) is 0 Å². The van der Waals surface area contributed by atoms with Crippen LogP contribution in [0.15, 0.2) is 21.0 Å². The summed E-state index contributed by atoms with van der Waals surface area (Å²) in [5, 5.41) is 4.08. The van der Waals surface area contributed by atoms with Crippen molar-refractivity contribution in [2.45, 2.75) is 19.8 Å². The molecular weight excluding hydrogens is 276 g/mol. The number of rotatable bonds is 3. The fraction of sp³-hybridized carbons (Fsp3) is 0.400. The van der Waals surface area contributed by atoms with E-state index in [1.54, 1.807) is 11.3 Å². The molecule has 1 amide bonds. The van der Waals surface area contributed by atoms with Crippen LogP contribution in [-0.4, -0.2) is 11.6 Å². The molecule has 80 valence electrons. The Balaban J connectivity index is 1.97. The zero-order valence-electron chi connectivity index (χ0n) is 8.29. The maximum atomic E-state index is 11.3. The standard InChI is InChI=1S/C10H11BrN2OS/c1-6(8-4-5-9(11)15-8)12-13-10(14)7-2-3-7/h4-5,7H,2-3H2,1H3,(H,13,14). The topological polar surface area (TPSA) is 41.5 Å². The molecule has 0 atom stereocenters. The molecule has 15 heavy (non-hydrogen) atoms. The number of nitrogens with zero attached hydrogens (tertiary/aromatic N) is 1. The van der Waals surface area contributed by atoms with Gasteiger partial charge >= 0.3 is 0 Å². The van der Waals surface area contributed by atoms with Crippen molar-refractivity contribution in [3.05, 3.63) is 20.8 Å². The average Bonchev–Trinajstić information content (AvgIpc) is 2.97. The third-order valence-electron chi connectivity index (χ3n) is 2.21. The Labute approximate surface area is 101 Å². The van der Waals surface area contributed by atoms with Crippen molar-refractivity contribution in [2.24, 2.45) is 11.0 Å². The van der Waals surface area contributed by atoms with Crippen LogP contribution in [-0.2, 0) is 4.79 Å². The van der Waals surface area contributed by atoms with Gasteiger partial charge in [0.15, 0.2) is 0 Å². The van der Waals surface area contributed by atoms with Crippen molar-refractivity contribution in [3.63, 3.8) is 0 Å². The predicted molar refractivity (Wildman–Crippen MR) is 65.1 cm³/mol. The summed E-state index contributed by atoms with van der Waals surface area (Å²) in [5.41, 5.74) is 3.44. The molecule has 1 aromatic heterocycles. The second kappa shape index (κ2) is 4.45. The van der Waals surface area contributed by atoms with Crippen LogP contribution in [0.25, 0.3) is 0 Å². The molecule has 0 spiro atoms. The fourth-order valence-corrected chi connectivity index (χ4v) is 2.47. The van der Waals surface area contributed by atoms with Crippen LogP contribution < -0.4 is 5.43 Å². The summed E-state index contributed by atoms with van der Waals surface area (Å²) in [4.78, 5) is 12.4. The minimum absolute atomic E-state index is 0.0463. The Kier molecular flexibility index (Phi) is 3.21. The molecule has 0 radical (unpaired) electrons. The molecular formula is C10H11BrN2OS. The first-order valence-corrected chi connectivity index (χ1v) is 6.37. The van der Waals surface area contributed by atoms with E-state index in [4.69, 9.17) is 0 Å². The van der Waals surface area contributed by atoms with Crippen LogP contribution in [0.1, 0.15) is 24.6 Å². The van der Waals surface area contributed by atoms with Crippen LogP contribution in [0.5, 0.6) is 0 Å². The number of thiophene rings is 1. The Hall–Kier alpha value is -0.680. The molecule has 1 fully saturated rings. The summed E-state index contributed by atoms with van der Waals surface area (Å²) >= 11 is 5.00. The van der Waals surface area contributed by atoms with Gasteiger partial charge in [-0.05, 0) is 47.8 Å². The summed E-state index contributed by atoms with van der Waals surface area (Å²) in [7, 11) is 0. The van der Waals surface area contributed by atoms with Gasteiger partial charge in [0.05, 0.1) is 14.4 Å². The third-order valence-corrected chi connectivity index (χ3v) is 3.94. The normalized spacial score (nSPS) is 16.5. The van der Waals surface area contributed by atoms with Gasteiger partial charge in [-0.3, -0.25) is 4.79 Å². The van der Waals surface area contributed by atoms with E-state index in [-0.39, 0.29) is 11.8 Å². The molecule has 0 aromatic carbocycles. The first-order valence-electron chi connectivity index (χ1n) is 4.76. The van der Waals surface area contributed by atoms with Crippen molar-refractivity contribution in [2.75, 3.05) is 0 Å². The maximum absolute atomic E-state index is 11.3. The average molecular weight is 287 g/mol. The number of hydrazone groups is 1. The third kappa shape index (κ3) is 2.89. The molecule has 0 unspecified atom stereocenters. The lowest BCUT2D eigenvalue weighted by atomic mass is 10.3. The molecule has 1 saturated carbocycles. The molecule has 5 heteroatoms. The molecule has 0 saturated heterocycles. The molecule has 1 aliphatic carbocycles. The van der Waals surface area contributed by atoms with E-state index in [1.165, 1.54) is 0 Å². The van der Waals surface area contributed by atoms with Crippen molar-refractivity contribution in [1.29, 1.82) is 0 Å². The number of hydrogen-bond acceptors (Lipinski definition) is 3. The van der Waals surface area contributed by atoms with Gasteiger partial charge in [-0.1, -0.05) is 0 Å². The Morgan fingerprint density at radius 3 is 2.87 bits per heavy atom. The van der Waals surface area contributed by atoms with Gasteiger partial charge < -0.3 is 0 Å². The van der Waals surface area contributed by atoms with Gasteiger partial charge in [-0.25, -0.2) is 5.43 Å². The van der Waals surface area contributed by atoms with Crippen LogP contribution in [0.3, 0.4) is 0 Å². The fourth-order valence-electron chi connectivity index (χ4n) is 1.14. The first-order chi connectivity index (χ1) is 7.16. The van der Waals surface area contributed by atoms with E-state index < -0.39 is 0 Å². The van der Waals surface area contributed by atoms with E-state index in [9.17, 15) is 4.79 Å². The van der Waals surface area contributed by atoms with Gasteiger partial charge in [-0.2, -0.15) is 5.10 Å². The minimum atomic E-state index is 0.0463. The van der Waals surface area contributed by atoms with Gasteiger partial charge in [0.25, 0.3) is 0 Å². The summed E-state index contributed by atoms with van der Waals surface area (Å²) in [5.74, 6) is 0.251. The van der Waals surface area contributed by atoms with Gasteiger partial charge in [0, 0.05) is 5.92 Å². The highest BCUT2D eigenvalue weighted by Crippen LogP contribution is 2.28.